The smallest absolute Gasteiger partial charge is 0.291 e. The second kappa shape index (κ2) is 16.8. The molecule has 3 aromatic rings. The number of benzene rings is 2. The molecule has 52 heavy (non-hydrogen) atoms. The Hall–Kier alpha value is -4.66. The van der Waals surface area contributed by atoms with Crippen LogP contribution in [0.4, 0.5) is 14.5 Å². The van der Waals surface area contributed by atoms with E-state index in [1.807, 2.05) is 9.80 Å². The predicted octanol–water partition coefficient (Wildman–Crippen LogP) is 4.90. The number of allylic oxidation sites excluding steroid dienone is 2. The van der Waals surface area contributed by atoms with Gasteiger partial charge in [0.15, 0.2) is 17.5 Å². The molecule has 12 nitrogen and oxygen atoms in total. The van der Waals surface area contributed by atoms with Crippen molar-refractivity contribution in [3.05, 3.63) is 75.8 Å². The molecule has 0 bridgehead atoms. The average Bonchev–Trinajstić information content (AvgIpc) is 3.52. The molecule has 2 aromatic carbocycles. The number of halogens is 3. The van der Waals surface area contributed by atoms with Gasteiger partial charge in [0.05, 0.1) is 29.1 Å². The van der Waals surface area contributed by atoms with Gasteiger partial charge < -0.3 is 40.0 Å². The van der Waals surface area contributed by atoms with Gasteiger partial charge in [-0.2, -0.15) is 0 Å². The number of aromatic nitrogens is 2. The van der Waals surface area contributed by atoms with Crippen LogP contribution in [0, 0.1) is 23.0 Å². The number of carbonyl (C=O) groups is 3. The molecule has 3 amide bonds. The number of carbonyl (C=O) groups excluding carboxylic acids is 3. The van der Waals surface area contributed by atoms with E-state index in [4.69, 9.17) is 21.7 Å². The highest BCUT2D eigenvalue weighted by atomic mass is 35.5. The molecule has 0 aliphatic carbocycles. The van der Waals surface area contributed by atoms with Gasteiger partial charge in [-0.3, -0.25) is 14.4 Å². The second-order valence-electron chi connectivity index (χ2n) is 13.1. The number of amides is 3. The summed E-state index contributed by atoms with van der Waals surface area (Å²) in [5.74, 6) is -3.05. The average molecular weight is 739 g/mol. The van der Waals surface area contributed by atoms with Crippen molar-refractivity contribution in [2.75, 3.05) is 71.9 Å². The first-order chi connectivity index (χ1) is 24.8. The number of ether oxygens (including phenoxy) is 1. The third kappa shape index (κ3) is 8.19. The van der Waals surface area contributed by atoms with Crippen LogP contribution in [0.1, 0.15) is 53.2 Å². The summed E-state index contributed by atoms with van der Waals surface area (Å²) in [5.41, 5.74) is 1.50. The molecule has 2 aliphatic rings. The summed E-state index contributed by atoms with van der Waals surface area (Å²) in [6, 6.07) is 7.37. The first-order valence-corrected chi connectivity index (χ1v) is 17.6. The predicted molar refractivity (Wildman–Crippen MR) is 197 cm³/mol. The van der Waals surface area contributed by atoms with Crippen molar-refractivity contribution in [1.29, 1.82) is 5.41 Å². The Morgan fingerprint density at radius 2 is 1.69 bits per heavy atom. The topological polar surface area (TPSA) is 136 Å². The summed E-state index contributed by atoms with van der Waals surface area (Å²) < 4.78 is 37.8. The summed E-state index contributed by atoms with van der Waals surface area (Å²) in [6.07, 6.45) is 2.93. The minimum Gasteiger partial charge on any atom is -0.383 e. The van der Waals surface area contributed by atoms with E-state index in [0.717, 1.165) is 25.9 Å². The zero-order chi connectivity index (χ0) is 37.7. The molecule has 2 fully saturated rings. The maximum absolute atomic E-state index is 15.7. The summed E-state index contributed by atoms with van der Waals surface area (Å²) in [5, 5.41) is 14.4. The molecule has 5 rings (SSSR count). The van der Waals surface area contributed by atoms with Gasteiger partial charge >= 0.3 is 0 Å². The number of methoxy groups -OCH3 is 1. The van der Waals surface area contributed by atoms with Crippen LogP contribution in [0.15, 0.2) is 42.2 Å². The molecule has 0 spiro atoms. The number of nitrogens with zero attached hydrogens (tertiary/aromatic N) is 5. The van der Waals surface area contributed by atoms with Crippen LogP contribution in [0.5, 0.6) is 0 Å². The Bertz CT molecular complexity index is 1880. The van der Waals surface area contributed by atoms with Crippen molar-refractivity contribution in [1.82, 2.24) is 29.6 Å². The van der Waals surface area contributed by atoms with E-state index in [1.54, 1.807) is 32.0 Å². The Morgan fingerprint density at radius 3 is 2.33 bits per heavy atom. The molecule has 3 N–H and O–H groups in total. The van der Waals surface area contributed by atoms with E-state index in [1.165, 1.54) is 49.0 Å². The minimum absolute atomic E-state index is 0.0243. The third-order valence-electron chi connectivity index (χ3n) is 9.78. The second-order valence-corrected chi connectivity index (χ2v) is 13.5. The molecular weight excluding hydrogens is 694 g/mol. The van der Waals surface area contributed by atoms with Gasteiger partial charge in [0, 0.05) is 93.6 Å². The van der Waals surface area contributed by atoms with Gasteiger partial charge in [-0.1, -0.05) is 17.7 Å². The van der Waals surface area contributed by atoms with E-state index in [9.17, 15) is 14.4 Å². The third-order valence-corrected chi connectivity index (χ3v) is 10.1. The van der Waals surface area contributed by atoms with Crippen molar-refractivity contribution in [3.8, 4) is 11.3 Å². The standard InChI is InChI=1S/C37H45ClF2N8O4/c1-22(41)31(23(2)45(3)18-19-52-5)28-9-8-27(32(39)33(28)40)30-21-43-34(46(30)4)35(49)44-25-6-7-26(29(38)20-25)37(51)48-16-14-47(15-17-48)36(50)24-10-12-42-13-11-24/h6-9,20-21,24,41-42H,10-19H2,1-5H3,(H,44,49)/b31-23+,41-22?. The van der Waals surface area contributed by atoms with E-state index < -0.39 is 17.5 Å². The molecule has 278 valence electrons. The summed E-state index contributed by atoms with van der Waals surface area (Å²) in [6.45, 7) is 7.55. The molecular formula is C37H45ClF2N8O4. The normalized spacial score (nSPS) is 15.7. The maximum Gasteiger partial charge on any atom is 0.291 e. The monoisotopic (exact) mass is 738 g/mol. The first kappa shape index (κ1) is 38.6. The fraction of sp³-hybridized carbons (Fsp3) is 0.432. The lowest BCUT2D eigenvalue weighted by atomic mass is 9.96. The number of hydrogen-bond donors (Lipinski definition) is 3. The highest BCUT2D eigenvalue weighted by molar-refractivity contribution is 6.34. The Balaban J connectivity index is 1.26. The van der Waals surface area contributed by atoms with Gasteiger partial charge in [-0.15, -0.1) is 0 Å². The van der Waals surface area contributed by atoms with E-state index >= 15 is 8.78 Å². The van der Waals surface area contributed by atoms with E-state index in [0.29, 0.717) is 50.7 Å². The summed E-state index contributed by atoms with van der Waals surface area (Å²) >= 11 is 6.52. The fourth-order valence-electron chi connectivity index (χ4n) is 6.65. The Morgan fingerprint density at radius 1 is 1.04 bits per heavy atom. The molecule has 3 heterocycles. The number of anilines is 1. The van der Waals surface area contributed by atoms with Crippen LogP contribution >= 0.6 is 11.6 Å². The lowest BCUT2D eigenvalue weighted by molar-refractivity contribution is -0.137. The van der Waals surface area contributed by atoms with Gasteiger partial charge in [-0.05, 0) is 64.0 Å². The lowest BCUT2D eigenvalue weighted by Crippen LogP contribution is -2.52. The number of nitrogens with one attached hydrogen (secondary N) is 3. The van der Waals surface area contributed by atoms with Crippen molar-refractivity contribution in [3.63, 3.8) is 0 Å². The molecule has 1 aromatic heterocycles. The van der Waals surface area contributed by atoms with Crippen LogP contribution < -0.4 is 10.6 Å². The quantitative estimate of drug-likeness (QED) is 0.238. The molecule has 2 aliphatic heterocycles. The SMILES string of the molecule is COCCN(C)/C(C)=C(\C(C)=N)c1ccc(-c2cnc(C(=O)Nc3ccc(C(=O)N4CCN(C(=O)C5CCNCC5)CC4)c(Cl)c3)n2C)c(F)c1F. The first-order valence-electron chi connectivity index (χ1n) is 17.2. The molecule has 0 atom stereocenters. The summed E-state index contributed by atoms with van der Waals surface area (Å²) in [4.78, 5) is 49.0. The van der Waals surface area contributed by atoms with Crippen LogP contribution in [0.3, 0.4) is 0 Å². The molecule has 0 unspecified atom stereocenters. The number of piperazine rings is 1. The number of hydrogen-bond acceptors (Lipinski definition) is 8. The highest BCUT2D eigenvalue weighted by Gasteiger charge is 2.31. The zero-order valence-electron chi connectivity index (χ0n) is 30.1. The van der Waals surface area contributed by atoms with Gasteiger partial charge in [0.25, 0.3) is 11.8 Å². The summed E-state index contributed by atoms with van der Waals surface area (Å²) in [7, 11) is 4.87. The van der Waals surface area contributed by atoms with Gasteiger partial charge in [0.2, 0.25) is 5.91 Å². The highest BCUT2D eigenvalue weighted by Crippen LogP contribution is 2.32. The van der Waals surface area contributed by atoms with Crippen LogP contribution in [-0.2, 0) is 16.6 Å². The van der Waals surface area contributed by atoms with Crippen LogP contribution in [-0.4, -0.2) is 114 Å². The lowest BCUT2D eigenvalue weighted by Gasteiger charge is -2.37. The Kier molecular flexibility index (Phi) is 12.4. The van der Waals surface area contributed by atoms with Crippen molar-refractivity contribution in [2.24, 2.45) is 13.0 Å². The van der Waals surface area contributed by atoms with Crippen molar-refractivity contribution < 1.29 is 27.9 Å². The van der Waals surface area contributed by atoms with Crippen molar-refractivity contribution in [2.45, 2.75) is 26.7 Å². The Labute approximate surface area is 307 Å². The largest absolute Gasteiger partial charge is 0.383 e. The van der Waals surface area contributed by atoms with Gasteiger partial charge in [0.1, 0.15) is 0 Å². The van der Waals surface area contributed by atoms with Crippen LogP contribution in [0.25, 0.3) is 16.8 Å². The maximum atomic E-state index is 15.7. The zero-order valence-corrected chi connectivity index (χ0v) is 30.9. The van der Waals surface area contributed by atoms with Gasteiger partial charge in [-0.25, -0.2) is 13.8 Å². The molecule has 0 radical (unpaired) electrons. The van der Waals surface area contributed by atoms with Crippen molar-refractivity contribution >= 4 is 46.3 Å². The number of piperidine rings is 1. The number of imidazole rings is 1. The molecule has 0 saturated carbocycles. The van der Waals surface area contributed by atoms with E-state index in [2.05, 4.69) is 15.6 Å². The van der Waals surface area contributed by atoms with E-state index in [-0.39, 0.29) is 62.2 Å². The van der Waals surface area contributed by atoms with Crippen LogP contribution in [0.2, 0.25) is 5.02 Å². The minimum atomic E-state index is -1.14. The fourth-order valence-corrected chi connectivity index (χ4v) is 6.91. The molecule has 2 saturated heterocycles. The number of likely N-dealkylation sites (N-methyl/N-ethyl adjacent to an activating group) is 1. The number of rotatable bonds is 11. The molecule has 15 heteroatoms.